The van der Waals surface area contributed by atoms with Gasteiger partial charge in [0.1, 0.15) is 18.1 Å². The van der Waals surface area contributed by atoms with Crippen LogP contribution in [0.4, 0.5) is 5.69 Å². The Labute approximate surface area is 185 Å². The zero-order valence-corrected chi connectivity index (χ0v) is 18.6. The minimum atomic E-state index is -0.133. The number of benzene rings is 2. The highest BCUT2D eigenvalue weighted by Gasteiger charge is 2.25. The van der Waals surface area contributed by atoms with Gasteiger partial charge in [0.05, 0.1) is 13.2 Å². The van der Waals surface area contributed by atoms with Crippen molar-refractivity contribution < 1.29 is 14.3 Å². The molecule has 6 nitrogen and oxygen atoms in total. The second-order valence-electron chi connectivity index (χ2n) is 8.40. The van der Waals surface area contributed by atoms with E-state index >= 15 is 0 Å². The number of carbonyl (C=O) groups excluding carboxylic acids is 1. The molecule has 0 saturated carbocycles. The number of methoxy groups -OCH3 is 1. The van der Waals surface area contributed by atoms with E-state index in [2.05, 4.69) is 27.2 Å². The molecule has 166 valence electrons. The molecule has 2 aliphatic rings. The Morgan fingerprint density at radius 3 is 2.45 bits per heavy atom. The number of nitrogens with one attached hydrogen (secondary N) is 1. The summed E-state index contributed by atoms with van der Waals surface area (Å²) in [6, 6.07) is 13.9. The quantitative estimate of drug-likeness (QED) is 0.707. The predicted octanol–water partition coefficient (Wildman–Crippen LogP) is 3.21. The Balaban J connectivity index is 1.18. The van der Waals surface area contributed by atoms with Crippen molar-refractivity contribution in [3.05, 3.63) is 53.6 Å². The molecular weight excluding hydrogens is 390 g/mol. The number of hydrogen-bond donors (Lipinski definition) is 1. The molecule has 1 N–H and O–H groups in total. The molecule has 1 atom stereocenters. The molecule has 0 radical (unpaired) electrons. The highest BCUT2D eigenvalue weighted by atomic mass is 16.5. The van der Waals surface area contributed by atoms with E-state index in [0.717, 1.165) is 62.8 Å². The monoisotopic (exact) mass is 423 g/mol. The first-order valence-electron chi connectivity index (χ1n) is 11.3. The van der Waals surface area contributed by atoms with E-state index in [1.165, 1.54) is 17.5 Å². The van der Waals surface area contributed by atoms with Crippen LogP contribution in [0.3, 0.4) is 0 Å². The zero-order chi connectivity index (χ0) is 21.6. The van der Waals surface area contributed by atoms with Gasteiger partial charge in [-0.1, -0.05) is 6.07 Å². The number of amides is 1. The molecule has 0 bridgehead atoms. The first kappa shape index (κ1) is 21.7. The van der Waals surface area contributed by atoms with Crippen LogP contribution < -0.4 is 14.8 Å². The first-order chi connectivity index (χ1) is 15.1. The van der Waals surface area contributed by atoms with E-state index in [4.69, 9.17) is 9.47 Å². The molecule has 2 aromatic rings. The van der Waals surface area contributed by atoms with Gasteiger partial charge in [-0.05, 0) is 73.7 Å². The lowest BCUT2D eigenvalue weighted by Crippen LogP contribution is -2.53. The Kier molecular flexibility index (Phi) is 7.10. The molecule has 1 heterocycles. The third-order valence-electron chi connectivity index (χ3n) is 6.44. The van der Waals surface area contributed by atoms with E-state index in [9.17, 15) is 4.79 Å². The minimum absolute atomic E-state index is 0.0780. The summed E-state index contributed by atoms with van der Waals surface area (Å²) in [5.74, 6) is 1.77. The fourth-order valence-electron chi connectivity index (χ4n) is 4.40. The van der Waals surface area contributed by atoms with Crippen LogP contribution in [-0.4, -0.2) is 68.2 Å². The van der Waals surface area contributed by atoms with Crippen LogP contribution in [0, 0.1) is 0 Å². The largest absolute Gasteiger partial charge is 0.497 e. The molecular formula is C25H33N3O3. The molecule has 0 unspecified atom stereocenters. The van der Waals surface area contributed by atoms with E-state index < -0.39 is 0 Å². The van der Waals surface area contributed by atoms with Crippen molar-refractivity contribution in [1.29, 1.82) is 0 Å². The van der Waals surface area contributed by atoms with Crippen molar-refractivity contribution in [2.24, 2.45) is 0 Å². The number of fused-ring (bicyclic) bond motifs is 1. The van der Waals surface area contributed by atoms with Crippen LogP contribution >= 0.6 is 0 Å². The van der Waals surface area contributed by atoms with Gasteiger partial charge in [0.15, 0.2) is 0 Å². The van der Waals surface area contributed by atoms with Crippen LogP contribution in [0.15, 0.2) is 42.5 Å². The van der Waals surface area contributed by atoms with Gasteiger partial charge in [-0.25, -0.2) is 0 Å². The van der Waals surface area contributed by atoms with E-state index in [1.807, 2.05) is 37.3 Å². The molecule has 1 aliphatic heterocycles. The summed E-state index contributed by atoms with van der Waals surface area (Å²) < 4.78 is 11.0. The van der Waals surface area contributed by atoms with Gasteiger partial charge < -0.3 is 14.8 Å². The average Bonchev–Trinajstić information content (AvgIpc) is 3.27. The van der Waals surface area contributed by atoms with E-state index in [0.29, 0.717) is 6.61 Å². The van der Waals surface area contributed by atoms with Crippen LogP contribution in [0.5, 0.6) is 11.5 Å². The van der Waals surface area contributed by atoms with E-state index in [1.54, 1.807) is 7.11 Å². The molecule has 1 amide bonds. The van der Waals surface area contributed by atoms with Crippen LogP contribution in [0.25, 0.3) is 0 Å². The minimum Gasteiger partial charge on any atom is -0.497 e. The van der Waals surface area contributed by atoms with Crippen LogP contribution in [-0.2, 0) is 17.6 Å². The fraction of sp³-hybridized carbons (Fsp3) is 0.480. The summed E-state index contributed by atoms with van der Waals surface area (Å²) in [5.41, 5.74) is 3.74. The smallest absolute Gasteiger partial charge is 0.241 e. The van der Waals surface area contributed by atoms with Crippen molar-refractivity contribution in [2.45, 2.75) is 32.2 Å². The number of aryl methyl sites for hydroxylation is 2. The van der Waals surface area contributed by atoms with Crippen molar-refractivity contribution in [1.82, 2.24) is 9.80 Å². The molecule has 1 fully saturated rings. The zero-order valence-electron chi connectivity index (χ0n) is 18.6. The highest BCUT2D eigenvalue weighted by Crippen LogP contribution is 2.25. The van der Waals surface area contributed by atoms with Gasteiger partial charge in [0.25, 0.3) is 0 Å². The van der Waals surface area contributed by atoms with Crippen molar-refractivity contribution >= 4 is 11.6 Å². The number of rotatable bonds is 8. The lowest BCUT2D eigenvalue weighted by Gasteiger charge is -2.37. The normalized spacial score (nSPS) is 17.7. The average molecular weight is 424 g/mol. The molecule has 1 aliphatic carbocycles. The van der Waals surface area contributed by atoms with E-state index in [-0.39, 0.29) is 11.9 Å². The Morgan fingerprint density at radius 1 is 1.00 bits per heavy atom. The van der Waals surface area contributed by atoms with Gasteiger partial charge in [-0.15, -0.1) is 0 Å². The summed E-state index contributed by atoms with van der Waals surface area (Å²) in [6.45, 7) is 7.22. The van der Waals surface area contributed by atoms with Gasteiger partial charge in [-0.3, -0.25) is 14.6 Å². The summed E-state index contributed by atoms with van der Waals surface area (Å²) in [4.78, 5) is 17.4. The van der Waals surface area contributed by atoms with Crippen molar-refractivity contribution in [3.63, 3.8) is 0 Å². The Hall–Kier alpha value is -2.57. The molecule has 31 heavy (non-hydrogen) atoms. The molecule has 0 aromatic heterocycles. The number of carbonyl (C=O) groups is 1. The molecule has 0 spiro atoms. The molecule has 1 saturated heterocycles. The van der Waals surface area contributed by atoms with Crippen LogP contribution in [0.2, 0.25) is 0 Å². The summed E-state index contributed by atoms with van der Waals surface area (Å²) in [6.07, 6.45) is 3.51. The number of ether oxygens (including phenoxy) is 2. The Morgan fingerprint density at radius 2 is 1.71 bits per heavy atom. The highest BCUT2D eigenvalue weighted by molar-refractivity contribution is 5.94. The maximum Gasteiger partial charge on any atom is 0.241 e. The van der Waals surface area contributed by atoms with Gasteiger partial charge in [-0.2, -0.15) is 0 Å². The second kappa shape index (κ2) is 10.2. The lowest BCUT2D eigenvalue weighted by molar-refractivity contribution is -0.121. The topological polar surface area (TPSA) is 54.0 Å². The second-order valence-corrected chi connectivity index (χ2v) is 8.40. The van der Waals surface area contributed by atoms with Gasteiger partial charge >= 0.3 is 0 Å². The van der Waals surface area contributed by atoms with Crippen molar-refractivity contribution in [3.8, 4) is 11.5 Å². The Bertz CT molecular complexity index is 876. The molecule has 2 aromatic carbocycles. The number of anilines is 1. The third kappa shape index (κ3) is 5.57. The third-order valence-corrected chi connectivity index (χ3v) is 6.44. The van der Waals surface area contributed by atoms with Gasteiger partial charge in [0.2, 0.25) is 5.91 Å². The number of hydrogen-bond acceptors (Lipinski definition) is 5. The fourth-order valence-corrected chi connectivity index (χ4v) is 4.40. The maximum absolute atomic E-state index is 12.8. The summed E-state index contributed by atoms with van der Waals surface area (Å²) >= 11 is 0. The lowest BCUT2D eigenvalue weighted by atomic mass is 10.1. The van der Waals surface area contributed by atoms with Gasteiger partial charge in [0, 0.05) is 38.4 Å². The standard InChI is InChI=1S/C25H33N3O3/c1-19(25(29)26-22-7-6-20-4-3-5-21(20)18-22)28-14-12-27(13-15-28)16-17-31-24-10-8-23(30-2)9-11-24/h6-11,18-19H,3-5,12-17H2,1-2H3,(H,26,29)/t19-/m1/s1. The number of nitrogens with zero attached hydrogens (tertiary/aromatic N) is 2. The molecule has 6 heteroatoms. The SMILES string of the molecule is COc1ccc(OCCN2CCN([C@H](C)C(=O)Nc3ccc4c(c3)CCC4)CC2)cc1. The maximum atomic E-state index is 12.8. The first-order valence-corrected chi connectivity index (χ1v) is 11.3. The molecule has 4 rings (SSSR count). The summed E-state index contributed by atoms with van der Waals surface area (Å²) in [5, 5.41) is 3.12. The predicted molar refractivity (Wildman–Crippen MR) is 123 cm³/mol. The summed E-state index contributed by atoms with van der Waals surface area (Å²) in [7, 11) is 1.66. The van der Waals surface area contributed by atoms with Crippen LogP contribution in [0.1, 0.15) is 24.5 Å². The number of piperazine rings is 1. The van der Waals surface area contributed by atoms with Crippen molar-refractivity contribution in [2.75, 3.05) is 51.8 Å².